The Morgan fingerprint density at radius 1 is 1.37 bits per heavy atom. The van der Waals surface area contributed by atoms with E-state index >= 15 is 0 Å². The first-order chi connectivity index (χ1) is 14.4. The number of amides is 1. The molecule has 3 aromatic rings. The Hall–Kier alpha value is -2.74. The molecule has 3 heterocycles. The highest BCUT2D eigenvalue weighted by Gasteiger charge is 2.27. The van der Waals surface area contributed by atoms with Crippen LogP contribution in [0.25, 0.3) is 11.2 Å². The van der Waals surface area contributed by atoms with Crippen LogP contribution in [0.4, 0.5) is 0 Å². The molecule has 0 saturated carbocycles. The van der Waals surface area contributed by atoms with Gasteiger partial charge in [-0.15, -0.1) is 5.10 Å². The molecule has 1 aliphatic heterocycles. The van der Waals surface area contributed by atoms with Crippen LogP contribution >= 0.6 is 11.6 Å². The molecule has 1 N–H and O–H groups in total. The second-order valence-corrected chi connectivity index (χ2v) is 8.71. The van der Waals surface area contributed by atoms with Crippen molar-refractivity contribution in [2.24, 2.45) is 5.92 Å². The van der Waals surface area contributed by atoms with Crippen molar-refractivity contribution in [1.29, 1.82) is 0 Å². The van der Waals surface area contributed by atoms with Crippen LogP contribution in [0.5, 0.6) is 0 Å². The second-order valence-electron chi connectivity index (χ2n) is 8.28. The molecule has 9 heteroatoms. The van der Waals surface area contributed by atoms with E-state index in [1.807, 2.05) is 36.9 Å². The lowest BCUT2D eigenvalue weighted by atomic mass is 9.96. The van der Waals surface area contributed by atoms with Gasteiger partial charge >= 0.3 is 0 Å². The normalized spacial score (nSPS) is 17.1. The molecule has 0 bridgehead atoms. The van der Waals surface area contributed by atoms with E-state index in [9.17, 15) is 9.59 Å². The Morgan fingerprint density at radius 2 is 2.20 bits per heavy atom. The van der Waals surface area contributed by atoms with Crippen LogP contribution in [-0.2, 0) is 11.3 Å². The van der Waals surface area contributed by atoms with Crippen LogP contribution in [0.1, 0.15) is 50.4 Å². The summed E-state index contributed by atoms with van der Waals surface area (Å²) in [5, 5.41) is 8.76. The molecular formula is C21H25ClN6O2. The predicted octanol–water partition coefficient (Wildman–Crippen LogP) is 2.97. The van der Waals surface area contributed by atoms with Crippen molar-refractivity contribution >= 4 is 28.7 Å². The molecule has 8 nitrogen and oxygen atoms in total. The van der Waals surface area contributed by atoms with Gasteiger partial charge in [0.05, 0.1) is 6.54 Å². The number of halogens is 1. The van der Waals surface area contributed by atoms with Gasteiger partial charge in [-0.3, -0.25) is 9.59 Å². The van der Waals surface area contributed by atoms with Gasteiger partial charge in [-0.25, -0.2) is 9.67 Å². The fraction of sp³-hybridized carbons (Fsp3) is 0.476. The number of nitrogens with zero attached hydrogens (tertiary/aromatic N) is 5. The van der Waals surface area contributed by atoms with E-state index in [4.69, 9.17) is 16.6 Å². The van der Waals surface area contributed by atoms with Gasteiger partial charge in [0.25, 0.3) is 5.56 Å². The molecule has 1 aliphatic rings. The van der Waals surface area contributed by atoms with Crippen molar-refractivity contribution in [2.75, 3.05) is 13.1 Å². The zero-order valence-electron chi connectivity index (χ0n) is 17.1. The van der Waals surface area contributed by atoms with E-state index in [-0.39, 0.29) is 22.9 Å². The van der Waals surface area contributed by atoms with Crippen LogP contribution in [0.15, 0.2) is 29.1 Å². The number of hydrogen-bond donors (Lipinski definition) is 1. The number of carbonyl (C=O) groups excluding carboxylic acids is 1. The molecule has 4 rings (SSSR count). The largest absolute Gasteiger partial charge is 0.342 e. The first kappa shape index (κ1) is 20.5. The van der Waals surface area contributed by atoms with E-state index < -0.39 is 0 Å². The molecule has 0 aliphatic carbocycles. The molecule has 0 unspecified atom stereocenters. The lowest BCUT2D eigenvalue weighted by Crippen LogP contribution is -2.40. The first-order valence-electron chi connectivity index (χ1n) is 10.3. The Balaban J connectivity index is 1.62. The number of aromatic nitrogens is 5. The Labute approximate surface area is 179 Å². The second kappa shape index (κ2) is 8.55. The third-order valence-corrected chi connectivity index (χ3v) is 5.59. The van der Waals surface area contributed by atoms with Crippen molar-refractivity contribution in [3.8, 4) is 0 Å². The number of aromatic amines is 1. The summed E-state index contributed by atoms with van der Waals surface area (Å²) in [5.41, 5.74) is 1.29. The number of likely N-dealkylation sites (tertiary alicyclic amines) is 1. The van der Waals surface area contributed by atoms with Gasteiger partial charge < -0.3 is 9.88 Å². The summed E-state index contributed by atoms with van der Waals surface area (Å²) in [4.78, 5) is 34.6. The van der Waals surface area contributed by atoms with E-state index in [2.05, 4.69) is 15.3 Å². The van der Waals surface area contributed by atoms with Gasteiger partial charge in [0.15, 0.2) is 11.2 Å². The third kappa shape index (κ3) is 4.38. The molecule has 0 spiro atoms. The fourth-order valence-electron chi connectivity index (χ4n) is 3.90. The van der Waals surface area contributed by atoms with Gasteiger partial charge in [0.1, 0.15) is 5.82 Å². The summed E-state index contributed by atoms with van der Waals surface area (Å²) >= 11 is 6.08. The maximum Gasteiger partial charge on any atom is 0.281 e. The molecule has 2 aromatic heterocycles. The van der Waals surface area contributed by atoms with Gasteiger partial charge in [0, 0.05) is 30.5 Å². The molecule has 1 fully saturated rings. The van der Waals surface area contributed by atoms with Crippen LogP contribution in [0.2, 0.25) is 5.02 Å². The highest BCUT2D eigenvalue weighted by molar-refractivity contribution is 6.30. The van der Waals surface area contributed by atoms with Crippen LogP contribution in [0, 0.1) is 5.92 Å². The maximum atomic E-state index is 12.6. The SMILES string of the molecule is CC(C)CC(=O)N1CCC[C@H](c2nc3c(nnn3Cc3cccc(Cl)c3)c(=O)[nH]2)C1. The highest BCUT2D eigenvalue weighted by atomic mass is 35.5. The molecule has 1 aromatic carbocycles. The number of fused-ring (bicyclic) bond motifs is 1. The number of rotatable bonds is 5. The van der Waals surface area contributed by atoms with Crippen molar-refractivity contribution < 1.29 is 4.79 Å². The zero-order chi connectivity index (χ0) is 21.3. The number of benzene rings is 1. The summed E-state index contributed by atoms with van der Waals surface area (Å²) in [7, 11) is 0. The Kier molecular flexibility index (Phi) is 5.85. The summed E-state index contributed by atoms with van der Waals surface area (Å²) in [6.07, 6.45) is 2.29. The minimum Gasteiger partial charge on any atom is -0.342 e. The lowest BCUT2D eigenvalue weighted by molar-refractivity contribution is -0.133. The van der Waals surface area contributed by atoms with Crippen molar-refractivity contribution in [2.45, 2.75) is 45.6 Å². The maximum absolute atomic E-state index is 12.6. The monoisotopic (exact) mass is 428 g/mol. The van der Waals surface area contributed by atoms with Crippen LogP contribution in [0.3, 0.4) is 0 Å². The van der Waals surface area contributed by atoms with E-state index in [0.717, 1.165) is 24.9 Å². The first-order valence-corrected chi connectivity index (χ1v) is 10.6. The van der Waals surface area contributed by atoms with Gasteiger partial charge in [0.2, 0.25) is 5.91 Å². The molecule has 158 valence electrons. The summed E-state index contributed by atoms with van der Waals surface area (Å²) in [6, 6.07) is 7.46. The molecule has 1 saturated heterocycles. The minimum atomic E-state index is -0.307. The van der Waals surface area contributed by atoms with E-state index in [1.54, 1.807) is 10.7 Å². The van der Waals surface area contributed by atoms with Gasteiger partial charge in [-0.1, -0.05) is 42.8 Å². The predicted molar refractivity (Wildman–Crippen MR) is 115 cm³/mol. The topological polar surface area (TPSA) is 96.8 Å². The molecule has 30 heavy (non-hydrogen) atoms. The number of H-pyrrole nitrogens is 1. The van der Waals surface area contributed by atoms with Crippen LogP contribution < -0.4 is 5.56 Å². The van der Waals surface area contributed by atoms with Crippen LogP contribution in [-0.4, -0.2) is 48.9 Å². The average Bonchev–Trinajstić information content (AvgIpc) is 3.11. The summed E-state index contributed by atoms with van der Waals surface area (Å²) < 4.78 is 1.62. The molecule has 1 atom stereocenters. The number of nitrogens with one attached hydrogen (secondary N) is 1. The third-order valence-electron chi connectivity index (χ3n) is 5.36. The Bertz CT molecular complexity index is 1120. The van der Waals surface area contributed by atoms with E-state index in [0.29, 0.717) is 41.9 Å². The fourth-order valence-corrected chi connectivity index (χ4v) is 4.11. The summed E-state index contributed by atoms with van der Waals surface area (Å²) in [5.74, 6) is 1.05. The van der Waals surface area contributed by atoms with Crippen molar-refractivity contribution in [1.82, 2.24) is 29.9 Å². The standard InChI is InChI=1S/C21H25ClN6O2/c1-13(2)9-17(29)27-8-4-6-15(12-27)19-23-20-18(21(30)24-19)25-26-28(20)11-14-5-3-7-16(22)10-14/h3,5,7,10,13,15H,4,6,8-9,11-12H2,1-2H3,(H,23,24,30)/t15-/m0/s1. The number of hydrogen-bond acceptors (Lipinski definition) is 5. The quantitative estimate of drug-likeness (QED) is 0.673. The summed E-state index contributed by atoms with van der Waals surface area (Å²) in [6.45, 7) is 5.82. The van der Waals surface area contributed by atoms with Crippen molar-refractivity contribution in [3.05, 3.63) is 51.0 Å². The van der Waals surface area contributed by atoms with Gasteiger partial charge in [-0.05, 0) is 36.5 Å². The zero-order valence-corrected chi connectivity index (χ0v) is 17.9. The number of piperidine rings is 1. The van der Waals surface area contributed by atoms with Gasteiger partial charge in [-0.2, -0.15) is 0 Å². The van der Waals surface area contributed by atoms with Crippen molar-refractivity contribution in [3.63, 3.8) is 0 Å². The highest BCUT2D eigenvalue weighted by Crippen LogP contribution is 2.25. The minimum absolute atomic E-state index is 0.0125. The molecule has 0 radical (unpaired) electrons. The lowest BCUT2D eigenvalue weighted by Gasteiger charge is -2.32. The number of carbonyl (C=O) groups is 1. The molecule has 1 amide bonds. The Morgan fingerprint density at radius 3 is 2.97 bits per heavy atom. The average molecular weight is 429 g/mol. The van der Waals surface area contributed by atoms with E-state index in [1.165, 1.54) is 0 Å². The smallest absolute Gasteiger partial charge is 0.281 e. The molecular weight excluding hydrogens is 404 g/mol.